The van der Waals surface area contributed by atoms with Gasteiger partial charge in [0.1, 0.15) is 12.2 Å². The number of para-hydroxylation sites is 1. The molecule has 0 bridgehead atoms. The Hall–Kier alpha value is -2.61. The fourth-order valence-electron chi connectivity index (χ4n) is 3.24. The number of hydrogen-bond acceptors (Lipinski definition) is 5. The van der Waals surface area contributed by atoms with Gasteiger partial charge < -0.3 is 15.5 Å². The lowest BCUT2D eigenvalue weighted by Gasteiger charge is -2.36. The first kappa shape index (κ1) is 19.2. The molecule has 1 aromatic heterocycles. The van der Waals surface area contributed by atoms with Crippen molar-refractivity contribution in [2.45, 2.75) is 13.0 Å². The van der Waals surface area contributed by atoms with Crippen molar-refractivity contribution in [1.29, 1.82) is 0 Å². The van der Waals surface area contributed by atoms with E-state index in [0.717, 1.165) is 57.5 Å². The second-order valence-electron chi connectivity index (χ2n) is 6.67. The second kappa shape index (κ2) is 9.91. The third-order valence-corrected chi connectivity index (χ3v) is 4.88. The summed E-state index contributed by atoms with van der Waals surface area (Å²) in [6, 6.07) is 10.7. The van der Waals surface area contributed by atoms with E-state index in [1.165, 1.54) is 5.69 Å². The lowest BCUT2D eigenvalue weighted by molar-refractivity contribution is 0.255. The Morgan fingerprint density at radius 3 is 2.56 bits per heavy atom. The summed E-state index contributed by atoms with van der Waals surface area (Å²) in [5.41, 5.74) is 1.33. The van der Waals surface area contributed by atoms with Gasteiger partial charge in [0.2, 0.25) is 0 Å². The summed E-state index contributed by atoms with van der Waals surface area (Å²) in [6.45, 7) is 7.05. The first-order chi connectivity index (χ1) is 13.3. The zero-order valence-electron chi connectivity index (χ0n) is 16.3. The second-order valence-corrected chi connectivity index (χ2v) is 6.67. The highest BCUT2D eigenvalue weighted by molar-refractivity contribution is 5.79. The Balaban J connectivity index is 1.30. The quantitative estimate of drug-likeness (QED) is 0.424. The van der Waals surface area contributed by atoms with Crippen molar-refractivity contribution in [3.63, 3.8) is 0 Å². The number of aliphatic imine (C=N–C) groups is 1. The molecule has 0 atom stereocenters. The maximum Gasteiger partial charge on any atom is 0.191 e. The van der Waals surface area contributed by atoms with Crippen molar-refractivity contribution >= 4 is 11.6 Å². The largest absolute Gasteiger partial charge is 0.369 e. The van der Waals surface area contributed by atoms with Crippen LogP contribution in [0.5, 0.6) is 0 Å². The number of anilines is 1. The van der Waals surface area contributed by atoms with E-state index < -0.39 is 0 Å². The molecule has 0 aliphatic carbocycles. The summed E-state index contributed by atoms with van der Waals surface area (Å²) in [5, 5.41) is 10.7. The summed E-state index contributed by atoms with van der Waals surface area (Å²) >= 11 is 0. The summed E-state index contributed by atoms with van der Waals surface area (Å²) in [4.78, 5) is 13.5. The van der Waals surface area contributed by atoms with Gasteiger partial charge in [0, 0.05) is 52.5 Å². The summed E-state index contributed by atoms with van der Waals surface area (Å²) in [7, 11) is 3.67. The minimum Gasteiger partial charge on any atom is -0.369 e. The molecule has 2 N–H and O–H groups in total. The smallest absolute Gasteiger partial charge is 0.191 e. The Labute approximate surface area is 161 Å². The van der Waals surface area contributed by atoms with Crippen molar-refractivity contribution in [1.82, 2.24) is 30.3 Å². The molecule has 1 fully saturated rings. The highest BCUT2D eigenvalue weighted by Gasteiger charge is 2.16. The third kappa shape index (κ3) is 5.68. The molecule has 8 heteroatoms. The molecule has 27 heavy (non-hydrogen) atoms. The van der Waals surface area contributed by atoms with Crippen molar-refractivity contribution in [3.8, 4) is 0 Å². The molecule has 2 heterocycles. The average molecular weight is 371 g/mol. The van der Waals surface area contributed by atoms with Gasteiger partial charge in [-0.1, -0.05) is 18.2 Å². The van der Waals surface area contributed by atoms with Gasteiger partial charge in [-0.2, -0.15) is 5.10 Å². The molecule has 0 spiro atoms. The van der Waals surface area contributed by atoms with Crippen LogP contribution in [0, 0.1) is 0 Å². The first-order valence-electron chi connectivity index (χ1n) is 9.56. The van der Waals surface area contributed by atoms with Crippen LogP contribution in [-0.2, 0) is 13.6 Å². The maximum atomic E-state index is 4.26. The van der Waals surface area contributed by atoms with E-state index in [1.807, 2.05) is 7.05 Å². The van der Waals surface area contributed by atoms with Gasteiger partial charge in [0.15, 0.2) is 5.96 Å². The summed E-state index contributed by atoms with van der Waals surface area (Å²) < 4.78 is 1.76. The number of piperazine rings is 1. The number of guanidine groups is 1. The van der Waals surface area contributed by atoms with Crippen LogP contribution in [0.3, 0.4) is 0 Å². The molecule has 0 unspecified atom stereocenters. The highest BCUT2D eigenvalue weighted by Crippen LogP contribution is 2.15. The Kier molecular flexibility index (Phi) is 7.04. The first-order valence-corrected chi connectivity index (χ1v) is 9.56. The SMILES string of the molecule is CN=C(NCCCN1CCN(c2ccccc2)CC1)NCc1ncnn1C. The topological polar surface area (TPSA) is 73.6 Å². The third-order valence-electron chi connectivity index (χ3n) is 4.88. The Morgan fingerprint density at radius 1 is 1.11 bits per heavy atom. The van der Waals surface area contributed by atoms with Crippen LogP contribution in [0.4, 0.5) is 5.69 Å². The zero-order valence-corrected chi connectivity index (χ0v) is 16.3. The van der Waals surface area contributed by atoms with Crippen LogP contribution < -0.4 is 15.5 Å². The summed E-state index contributed by atoms with van der Waals surface area (Å²) in [6.07, 6.45) is 2.65. The van der Waals surface area contributed by atoms with E-state index in [4.69, 9.17) is 0 Å². The van der Waals surface area contributed by atoms with E-state index in [-0.39, 0.29) is 0 Å². The van der Waals surface area contributed by atoms with Crippen LogP contribution in [0.2, 0.25) is 0 Å². The van der Waals surface area contributed by atoms with Crippen molar-refractivity contribution in [2.24, 2.45) is 12.0 Å². The maximum absolute atomic E-state index is 4.26. The van der Waals surface area contributed by atoms with Crippen LogP contribution in [0.15, 0.2) is 41.7 Å². The molecule has 2 aromatic rings. The molecule has 0 radical (unpaired) electrons. The Morgan fingerprint density at radius 2 is 1.89 bits per heavy atom. The van der Waals surface area contributed by atoms with E-state index in [1.54, 1.807) is 18.1 Å². The fourth-order valence-corrected chi connectivity index (χ4v) is 3.24. The monoisotopic (exact) mass is 370 g/mol. The normalized spacial score (nSPS) is 15.8. The minimum atomic E-state index is 0.609. The van der Waals surface area contributed by atoms with Gasteiger partial charge in [-0.15, -0.1) is 0 Å². The van der Waals surface area contributed by atoms with Gasteiger partial charge in [-0.25, -0.2) is 4.98 Å². The number of rotatable bonds is 7. The van der Waals surface area contributed by atoms with Gasteiger partial charge in [0.25, 0.3) is 0 Å². The van der Waals surface area contributed by atoms with Crippen LogP contribution >= 0.6 is 0 Å². The molecule has 3 rings (SSSR count). The van der Waals surface area contributed by atoms with E-state index >= 15 is 0 Å². The summed E-state index contributed by atoms with van der Waals surface area (Å²) in [5.74, 6) is 1.68. The standard InChI is InChI=1S/C19H30N8/c1-20-19(22-15-18-23-16-24-25(18)2)21-9-6-10-26-11-13-27(14-12-26)17-7-4-3-5-8-17/h3-5,7-8,16H,6,9-15H2,1-2H3,(H2,20,21,22). The average Bonchev–Trinajstić information content (AvgIpc) is 3.13. The Bertz CT molecular complexity index is 704. The van der Waals surface area contributed by atoms with Gasteiger partial charge >= 0.3 is 0 Å². The molecule has 8 nitrogen and oxygen atoms in total. The van der Waals surface area contributed by atoms with Gasteiger partial charge in [-0.05, 0) is 25.1 Å². The predicted molar refractivity (Wildman–Crippen MR) is 109 cm³/mol. The lowest BCUT2D eigenvalue weighted by atomic mass is 10.2. The molecule has 1 saturated heterocycles. The zero-order chi connectivity index (χ0) is 18.9. The molecule has 0 amide bonds. The lowest BCUT2D eigenvalue weighted by Crippen LogP contribution is -2.47. The van der Waals surface area contributed by atoms with E-state index in [9.17, 15) is 0 Å². The van der Waals surface area contributed by atoms with E-state index in [2.05, 4.69) is 65.8 Å². The van der Waals surface area contributed by atoms with Crippen LogP contribution in [0.25, 0.3) is 0 Å². The van der Waals surface area contributed by atoms with Crippen molar-refractivity contribution in [2.75, 3.05) is 51.2 Å². The van der Waals surface area contributed by atoms with Crippen LogP contribution in [0.1, 0.15) is 12.2 Å². The van der Waals surface area contributed by atoms with Crippen molar-refractivity contribution in [3.05, 3.63) is 42.5 Å². The molecular weight excluding hydrogens is 340 g/mol. The number of benzene rings is 1. The molecule has 146 valence electrons. The minimum absolute atomic E-state index is 0.609. The number of nitrogens with zero attached hydrogens (tertiary/aromatic N) is 6. The van der Waals surface area contributed by atoms with Gasteiger partial charge in [0.05, 0.1) is 6.54 Å². The number of aryl methyl sites for hydroxylation is 1. The predicted octanol–water partition coefficient (Wildman–Crippen LogP) is 0.692. The van der Waals surface area contributed by atoms with E-state index in [0.29, 0.717) is 6.54 Å². The molecular formula is C19H30N8. The molecule has 1 aromatic carbocycles. The number of hydrogen-bond donors (Lipinski definition) is 2. The van der Waals surface area contributed by atoms with Crippen molar-refractivity contribution < 1.29 is 0 Å². The fraction of sp³-hybridized carbons (Fsp3) is 0.526. The number of aromatic nitrogens is 3. The molecule has 1 aliphatic rings. The molecule has 0 saturated carbocycles. The van der Waals surface area contributed by atoms with Crippen LogP contribution in [-0.4, -0.2) is 71.9 Å². The highest BCUT2D eigenvalue weighted by atomic mass is 15.3. The van der Waals surface area contributed by atoms with Gasteiger partial charge in [-0.3, -0.25) is 14.6 Å². The number of nitrogens with one attached hydrogen (secondary N) is 2. The molecule has 1 aliphatic heterocycles.